The highest BCUT2D eigenvalue weighted by atomic mass is 19.1. The van der Waals surface area contributed by atoms with Gasteiger partial charge in [0.2, 0.25) is 0 Å². The Labute approximate surface area is 166 Å². The van der Waals surface area contributed by atoms with E-state index >= 15 is 0 Å². The molecule has 2 heterocycles. The number of anilines is 2. The van der Waals surface area contributed by atoms with Gasteiger partial charge in [-0.3, -0.25) is 9.36 Å². The summed E-state index contributed by atoms with van der Waals surface area (Å²) in [5.74, 6) is 0.213. The summed E-state index contributed by atoms with van der Waals surface area (Å²) in [5.41, 5.74) is 1.74. The zero-order chi connectivity index (χ0) is 20.1. The van der Waals surface area contributed by atoms with E-state index in [0.29, 0.717) is 22.9 Å². The van der Waals surface area contributed by atoms with E-state index in [1.165, 1.54) is 12.1 Å². The fraction of sp³-hybridized carbons (Fsp3) is 0.0476. The Bertz CT molecular complexity index is 1130. The average molecular weight is 388 g/mol. The number of nitrogens with zero attached hydrogens (tertiary/aromatic N) is 4. The Kier molecular flexibility index (Phi) is 5.24. The molecule has 2 aromatic heterocycles. The molecule has 2 N–H and O–H groups in total. The Morgan fingerprint density at radius 2 is 1.90 bits per heavy atom. The fourth-order valence-corrected chi connectivity index (χ4v) is 2.83. The molecule has 0 aliphatic rings. The Morgan fingerprint density at radius 3 is 2.72 bits per heavy atom. The van der Waals surface area contributed by atoms with Crippen LogP contribution in [0.25, 0.3) is 5.69 Å². The molecule has 8 heteroatoms. The molecule has 0 atom stereocenters. The van der Waals surface area contributed by atoms with Crippen molar-refractivity contribution in [1.82, 2.24) is 25.1 Å². The van der Waals surface area contributed by atoms with E-state index in [0.717, 1.165) is 5.69 Å². The quantitative estimate of drug-likeness (QED) is 0.528. The maximum absolute atomic E-state index is 13.4. The second-order valence-electron chi connectivity index (χ2n) is 6.17. The third-order valence-electron chi connectivity index (χ3n) is 4.20. The first-order valence-electron chi connectivity index (χ1n) is 8.91. The van der Waals surface area contributed by atoms with E-state index < -0.39 is 0 Å². The van der Waals surface area contributed by atoms with E-state index in [9.17, 15) is 9.18 Å². The monoisotopic (exact) mass is 388 g/mol. The molecule has 0 spiro atoms. The molecule has 29 heavy (non-hydrogen) atoms. The zero-order valence-corrected chi connectivity index (χ0v) is 15.3. The van der Waals surface area contributed by atoms with Crippen molar-refractivity contribution in [2.45, 2.75) is 6.54 Å². The molecule has 0 saturated heterocycles. The predicted octanol–water partition coefficient (Wildman–Crippen LogP) is 3.48. The fourth-order valence-electron chi connectivity index (χ4n) is 2.83. The number of carbonyl (C=O) groups excluding carboxylic acids is 1. The first-order chi connectivity index (χ1) is 14.2. The molecule has 7 nitrogen and oxygen atoms in total. The minimum Gasteiger partial charge on any atom is -0.345 e. The van der Waals surface area contributed by atoms with Crippen LogP contribution in [0.3, 0.4) is 0 Å². The lowest BCUT2D eigenvalue weighted by Gasteiger charge is -2.12. The molecule has 0 aliphatic carbocycles. The number of halogens is 1. The van der Waals surface area contributed by atoms with Gasteiger partial charge in [0.15, 0.2) is 5.82 Å². The molecule has 0 bridgehead atoms. The van der Waals surface area contributed by atoms with Gasteiger partial charge in [-0.05, 0) is 42.5 Å². The third kappa shape index (κ3) is 4.27. The van der Waals surface area contributed by atoms with Gasteiger partial charge in [-0.2, -0.15) is 0 Å². The van der Waals surface area contributed by atoms with Crippen molar-refractivity contribution in [1.29, 1.82) is 0 Å². The second kappa shape index (κ2) is 8.30. The van der Waals surface area contributed by atoms with Crippen molar-refractivity contribution < 1.29 is 9.18 Å². The zero-order valence-electron chi connectivity index (χ0n) is 15.3. The number of hydrogen-bond donors (Lipinski definition) is 2. The maximum Gasteiger partial charge on any atom is 0.255 e. The summed E-state index contributed by atoms with van der Waals surface area (Å²) in [6.07, 6.45) is 3.16. The molecule has 0 unspecified atom stereocenters. The lowest BCUT2D eigenvalue weighted by Crippen LogP contribution is -2.25. The topological polar surface area (TPSA) is 84.7 Å². The summed E-state index contributed by atoms with van der Waals surface area (Å²) in [6, 6.07) is 18.9. The Balaban J connectivity index is 1.50. The number of nitrogens with one attached hydrogen (secondary N) is 2. The summed E-state index contributed by atoms with van der Waals surface area (Å²) in [7, 11) is 0. The van der Waals surface area contributed by atoms with Crippen LogP contribution in [0.2, 0.25) is 0 Å². The lowest BCUT2D eigenvalue weighted by atomic mass is 10.2. The average Bonchev–Trinajstić information content (AvgIpc) is 3.22. The number of aromatic nitrogens is 4. The first kappa shape index (κ1) is 18.3. The van der Waals surface area contributed by atoms with Gasteiger partial charge in [0.1, 0.15) is 18.0 Å². The molecule has 0 saturated carbocycles. The van der Waals surface area contributed by atoms with Crippen LogP contribution in [0.1, 0.15) is 16.2 Å². The van der Waals surface area contributed by atoms with Crippen LogP contribution in [0, 0.1) is 5.82 Å². The van der Waals surface area contributed by atoms with Crippen molar-refractivity contribution in [3.63, 3.8) is 0 Å². The molecule has 0 fully saturated rings. The number of benzene rings is 2. The van der Waals surface area contributed by atoms with E-state index in [4.69, 9.17) is 0 Å². The molecule has 1 amide bonds. The van der Waals surface area contributed by atoms with Gasteiger partial charge in [-0.1, -0.05) is 24.3 Å². The molecular formula is C21H17FN6O. The summed E-state index contributed by atoms with van der Waals surface area (Å²) >= 11 is 0. The molecular weight excluding hydrogens is 371 g/mol. The van der Waals surface area contributed by atoms with Crippen molar-refractivity contribution in [3.8, 4) is 5.69 Å². The Hall–Kier alpha value is -4.07. The van der Waals surface area contributed by atoms with Gasteiger partial charge in [0, 0.05) is 17.6 Å². The van der Waals surface area contributed by atoms with E-state index in [2.05, 4.69) is 25.8 Å². The van der Waals surface area contributed by atoms with Gasteiger partial charge < -0.3 is 10.6 Å². The minimum absolute atomic E-state index is 0.183. The maximum atomic E-state index is 13.4. The third-order valence-corrected chi connectivity index (χ3v) is 4.20. The highest BCUT2D eigenvalue weighted by Gasteiger charge is 2.14. The number of rotatable bonds is 6. The van der Waals surface area contributed by atoms with Gasteiger partial charge >= 0.3 is 0 Å². The second-order valence-corrected chi connectivity index (χ2v) is 6.17. The molecule has 144 valence electrons. The summed E-state index contributed by atoms with van der Waals surface area (Å²) in [4.78, 5) is 17.0. The van der Waals surface area contributed by atoms with Crippen molar-refractivity contribution in [3.05, 3.63) is 96.5 Å². The smallest absolute Gasteiger partial charge is 0.255 e. The highest BCUT2D eigenvalue weighted by Crippen LogP contribution is 2.19. The molecule has 0 radical (unpaired) electrons. The predicted molar refractivity (Wildman–Crippen MR) is 106 cm³/mol. The van der Waals surface area contributed by atoms with Crippen LogP contribution < -0.4 is 10.6 Å². The van der Waals surface area contributed by atoms with Gasteiger partial charge in [0.25, 0.3) is 5.91 Å². The van der Waals surface area contributed by atoms with Crippen molar-refractivity contribution in [2.24, 2.45) is 0 Å². The minimum atomic E-state index is -0.378. The van der Waals surface area contributed by atoms with Crippen LogP contribution >= 0.6 is 0 Å². The van der Waals surface area contributed by atoms with Crippen molar-refractivity contribution in [2.75, 3.05) is 5.32 Å². The molecule has 4 rings (SSSR count). The van der Waals surface area contributed by atoms with Crippen LogP contribution in [-0.2, 0) is 6.54 Å². The van der Waals surface area contributed by atoms with Crippen LogP contribution in [0.4, 0.5) is 15.9 Å². The number of hydrogen-bond acceptors (Lipinski definition) is 5. The highest BCUT2D eigenvalue weighted by molar-refractivity contribution is 5.99. The Morgan fingerprint density at radius 1 is 1.03 bits per heavy atom. The standard InChI is InChI=1S/C21H17FN6O/c22-15-6-4-7-16(12-15)26-20-18(10-5-11-23-20)21(29)24-13-19-27-25-14-28(19)17-8-2-1-3-9-17/h1-12,14H,13H2,(H,23,26)(H,24,29). The summed E-state index contributed by atoms with van der Waals surface area (Å²) < 4.78 is 15.2. The molecule has 0 aliphatic heterocycles. The largest absolute Gasteiger partial charge is 0.345 e. The summed E-state index contributed by atoms with van der Waals surface area (Å²) in [6.45, 7) is 0.183. The normalized spacial score (nSPS) is 10.5. The van der Waals surface area contributed by atoms with Crippen LogP contribution in [0.5, 0.6) is 0 Å². The number of pyridine rings is 1. The lowest BCUT2D eigenvalue weighted by molar-refractivity contribution is 0.0950. The van der Waals surface area contributed by atoms with Crippen LogP contribution in [0.15, 0.2) is 79.3 Å². The number of carbonyl (C=O) groups is 1. The number of para-hydroxylation sites is 1. The van der Waals surface area contributed by atoms with Crippen LogP contribution in [-0.4, -0.2) is 25.7 Å². The first-order valence-corrected chi connectivity index (χ1v) is 8.91. The van der Waals surface area contributed by atoms with Gasteiger partial charge in [-0.15, -0.1) is 10.2 Å². The summed E-state index contributed by atoms with van der Waals surface area (Å²) in [5, 5.41) is 13.8. The van der Waals surface area contributed by atoms with Gasteiger partial charge in [0.05, 0.1) is 12.1 Å². The van der Waals surface area contributed by atoms with E-state index in [1.54, 1.807) is 41.4 Å². The van der Waals surface area contributed by atoms with E-state index in [-0.39, 0.29) is 18.3 Å². The van der Waals surface area contributed by atoms with Gasteiger partial charge in [-0.25, -0.2) is 9.37 Å². The molecule has 4 aromatic rings. The van der Waals surface area contributed by atoms with E-state index in [1.807, 2.05) is 30.3 Å². The van der Waals surface area contributed by atoms with Crippen molar-refractivity contribution >= 4 is 17.4 Å². The SMILES string of the molecule is O=C(NCc1nncn1-c1ccccc1)c1cccnc1Nc1cccc(F)c1. The molecule has 2 aromatic carbocycles. The number of amides is 1.